The molecule has 1 N–H and O–H groups in total. The van der Waals surface area contributed by atoms with Gasteiger partial charge in [-0.3, -0.25) is 4.79 Å². The van der Waals surface area contributed by atoms with E-state index in [1.807, 2.05) is 38.1 Å². The summed E-state index contributed by atoms with van der Waals surface area (Å²) in [5.41, 5.74) is 9.55. The summed E-state index contributed by atoms with van der Waals surface area (Å²) in [5.74, 6) is 1.70. The number of para-hydroxylation sites is 2. The molecule has 35 heavy (non-hydrogen) atoms. The molecule has 3 aromatic carbocycles. The quantitative estimate of drug-likeness (QED) is 0.317. The number of fused-ring (bicyclic) bond motifs is 1. The molecule has 4 aromatic rings. The number of hydrogen-bond donors (Lipinski definition) is 1. The Morgan fingerprint density at radius 2 is 1.66 bits per heavy atom. The summed E-state index contributed by atoms with van der Waals surface area (Å²) >= 11 is 0. The summed E-state index contributed by atoms with van der Waals surface area (Å²) in [7, 11) is 0. The highest BCUT2D eigenvalue weighted by Crippen LogP contribution is 2.23. The summed E-state index contributed by atoms with van der Waals surface area (Å²) < 4.78 is 8.05. The second-order valence-electron chi connectivity index (χ2n) is 9.49. The maximum atomic E-state index is 12.3. The van der Waals surface area contributed by atoms with Crippen LogP contribution < -0.4 is 10.1 Å². The van der Waals surface area contributed by atoms with Crippen LogP contribution in [0.1, 0.15) is 45.6 Å². The molecule has 0 bridgehead atoms. The van der Waals surface area contributed by atoms with Crippen LogP contribution in [0.5, 0.6) is 5.75 Å². The van der Waals surface area contributed by atoms with Crippen LogP contribution in [0.4, 0.5) is 0 Å². The van der Waals surface area contributed by atoms with Crippen molar-refractivity contribution in [2.45, 2.75) is 54.0 Å². The van der Waals surface area contributed by atoms with Crippen molar-refractivity contribution in [1.82, 2.24) is 14.9 Å². The molecule has 5 heteroatoms. The zero-order chi connectivity index (χ0) is 24.9. The van der Waals surface area contributed by atoms with Crippen LogP contribution in [0.2, 0.25) is 0 Å². The molecule has 182 valence electrons. The molecule has 0 saturated carbocycles. The summed E-state index contributed by atoms with van der Waals surface area (Å²) in [5, 5.41) is 2.98. The molecule has 0 atom stereocenters. The van der Waals surface area contributed by atoms with Gasteiger partial charge in [-0.05, 0) is 87.1 Å². The number of aryl methyl sites for hydroxylation is 6. The Labute approximate surface area is 208 Å². The van der Waals surface area contributed by atoms with Crippen molar-refractivity contribution >= 4 is 16.9 Å². The molecule has 0 radical (unpaired) electrons. The first-order chi connectivity index (χ1) is 16.8. The Bertz CT molecular complexity index is 1330. The van der Waals surface area contributed by atoms with E-state index in [2.05, 4.69) is 61.0 Å². The van der Waals surface area contributed by atoms with E-state index in [1.165, 1.54) is 22.3 Å². The fourth-order valence-corrected chi connectivity index (χ4v) is 4.64. The topological polar surface area (TPSA) is 56.2 Å². The summed E-state index contributed by atoms with van der Waals surface area (Å²) in [6, 6.07) is 18.8. The molecule has 1 heterocycles. The average molecular weight is 470 g/mol. The van der Waals surface area contributed by atoms with Gasteiger partial charge < -0.3 is 14.6 Å². The monoisotopic (exact) mass is 469 g/mol. The highest BCUT2D eigenvalue weighted by Gasteiger charge is 2.14. The number of carbonyl (C=O) groups excluding carboxylic acids is 1. The van der Waals surface area contributed by atoms with Gasteiger partial charge in [0.15, 0.2) is 6.61 Å². The Morgan fingerprint density at radius 3 is 2.43 bits per heavy atom. The number of hydrogen-bond acceptors (Lipinski definition) is 3. The van der Waals surface area contributed by atoms with E-state index in [9.17, 15) is 4.79 Å². The zero-order valence-corrected chi connectivity index (χ0v) is 21.4. The van der Waals surface area contributed by atoms with E-state index in [4.69, 9.17) is 9.72 Å². The summed E-state index contributed by atoms with van der Waals surface area (Å²) in [4.78, 5) is 17.2. The highest BCUT2D eigenvalue weighted by atomic mass is 16.5. The first-order valence-corrected chi connectivity index (χ1v) is 12.3. The van der Waals surface area contributed by atoms with Crippen LogP contribution in [0.15, 0.2) is 54.6 Å². The van der Waals surface area contributed by atoms with Crippen molar-refractivity contribution < 1.29 is 9.53 Å². The van der Waals surface area contributed by atoms with Crippen LogP contribution in [0, 0.1) is 34.6 Å². The smallest absolute Gasteiger partial charge is 0.257 e. The molecule has 0 unspecified atom stereocenters. The predicted octanol–water partition coefficient (Wildman–Crippen LogP) is 5.75. The molecular weight excluding hydrogens is 434 g/mol. The van der Waals surface area contributed by atoms with Crippen LogP contribution in [-0.2, 0) is 17.8 Å². The molecule has 1 amide bonds. The SMILES string of the molecule is Cc1cc(C)c(Cn2c(CCCNC(=O)COc3cc(C)ccc3C)nc3ccccc32)c(C)c1. The number of benzene rings is 3. The fraction of sp³-hybridized carbons (Fsp3) is 0.333. The maximum absolute atomic E-state index is 12.3. The first kappa shape index (κ1) is 24.5. The zero-order valence-electron chi connectivity index (χ0n) is 21.4. The molecule has 0 spiro atoms. The Kier molecular flexibility index (Phi) is 7.54. The Hall–Kier alpha value is -3.60. The standard InChI is InChI=1S/C30H35N3O2/c1-20-12-13-22(3)28(17-20)35-19-30(34)31-14-8-11-29-32-26-9-6-7-10-27(26)33(29)18-25-23(4)15-21(2)16-24(25)5/h6-7,9-10,12-13,15-17H,8,11,14,18-19H2,1-5H3,(H,31,34). The van der Waals surface area contributed by atoms with Crippen molar-refractivity contribution in [3.05, 3.63) is 93.8 Å². The number of nitrogens with zero attached hydrogens (tertiary/aromatic N) is 2. The van der Waals surface area contributed by atoms with E-state index in [-0.39, 0.29) is 12.5 Å². The lowest BCUT2D eigenvalue weighted by Crippen LogP contribution is -2.30. The normalized spacial score (nSPS) is 11.1. The lowest BCUT2D eigenvalue weighted by atomic mass is 9.99. The first-order valence-electron chi connectivity index (χ1n) is 12.3. The van der Waals surface area contributed by atoms with Gasteiger partial charge in [0, 0.05) is 19.5 Å². The molecule has 0 aliphatic carbocycles. The van der Waals surface area contributed by atoms with Gasteiger partial charge in [-0.2, -0.15) is 0 Å². The van der Waals surface area contributed by atoms with E-state index >= 15 is 0 Å². The molecule has 0 saturated heterocycles. The highest BCUT2D eigenvalue weighted by molar-refractivity contribution is 5.77. The minimum absolute atomic E-state index is 0.0226. The van der Waals surface area contributed by atoms with Gasteiger partial charge in [0.2, 0.25) is 0 Å². The van der Waals surface area contributed by atoms with Gasteiger partial charge in [-0.25, -0.2) is 4.98 Å². The summed E-state index contributed by atoms with van der Waals surface area (Å²) in [6.07, 6.45) is 1.60. The van der Waals surface area contributed by atoms with Gasteiger partial charge in [-0.15, -0.1) is 0 Å². The molecule has 0 fully saturated rings. The number of amides is 1. The predicted molar refractivity (Wildman–Crippen MR) is 142 cm³/mol. The van der Waals surface area contributed by atoms with E-state index in [1.54, 1.807) is 0 Å². The van der Waals surface area contributed by atoms with Gasteiger partial charge in [0.05, 0.1) is 11.0 Å². The van der Waals surface area contributed by atoms with Gasteiger partial charge >= 0.3 is 0 Å². The van der Waals surface area contributed by atoms with Gasteiger partial charge in [-0.1, -0.05) is 42.0 Å². The fourth-order valence-electron chi connectivity index (χ4n) is 4.64. The van der Waals surface area contributed by atoms with E-state index in [0.29, 0.717) is 6.54 Å². The third kappa shape index (κ3) is 5.91. The minimum Gasteiger partial charge on any atom is -0.483 e. The van der Waals surface area contributed by atoms with Crippen molar-refractivity contribution in [2.75, 3.05) is 13.2 Å². The molecular formula is C30H35N3O2. The number of aromatic nitrogens is 2. The van der Waals surface area contributed by atoms with E-state index < -0.39 is 0 Å². The molecule has 4 rings (SSSR count). The Balaban J connectivity index is 1.39. The van der Waals surface area contributed by atoms with Crippen LogP contribution >= 0.6 is 0 Å². The average Bonchev–Trinajstić information content (AvgIpc) is 3.16. The molecule has 0 aliphatic heterocycles. The second kappa shape index (κ2) is 10.8. The third-order valence-electron chi connectivity index (χ3n) is 6.49. The largest absolute Gasteiger partial charge is 0.483 e. The minimum atomic E-state index is -0.106. The third-order valence-corrected chi connectivity index (χ3v) is 6.49. The second-order valence-corrected chi connectivity index (χ2v) is 9.49. The molecule has 0 aliphatic rings. The Morgan fingerprint density at radius 1 is 0.914 bits per heavy atom. The van der Waals surface area contributed by atoms with Crippen molar-refractivity contribution in [3.63, 3.8) is 0 Å². The van der Waals surface area contributed by atoms with Crippen molar-refractivity contribution in [2.24, 2.45) is 0 Å². The van der Waals surface area contributed by atoms with E-state index in [0.717, 1.165) is 53.1 Å². The number of nitrogens with one attached hydrogen (secondary N) is 1. The molecule has 5 nitrogen and oxygen atoms in total. The number of rotatable bonds is 9. The summed E-state index contributed by atoms with van der Waals surface area (Å²) in [6.45, 7) is 11.9. The maximum Gasteiger partial charge on any atom is 0.257 e. The lowest BCUT2D eigenvalue weighted by molar-refractivity contribution is -0.123. The number of carbonyl (C=O) groups is 1. The van der Waals surface area contributed by atoms with Gasteiger partial charge in [0.25, 0.3) is 5.91 Å². The molecule has 1 aromatic heterocycles. The van der Waals surface area contributed by atoms with Crippen LogP contribution in [0.25, 0.3) is 11.0 Å². The van der Waals surface area contributed by atoms with Gasteiger partial charge in [0.1, 0.15) is 11.6 Å². The van der Waals surface area contributed by atoms with Crippen molar-refractivity contribution in [1.29, 1.82) is 0 Å². The number of imidazole rings is 1. The lowest BCUT2D eigenvalue weighted by Gasteiger charge is -2.15. The van der Waals surface area contributed by atoms with Crippen LogP contribution in [0.3, 0.4) is 0 Å². The van der Waals surface area contributed by atoms with Crippen LogP contribution in [-0.4, -0.2) is 28.6 Å². The van der Waals surface area contributed by atoms with Crippen molar-refractivity contribution in [3.8, 4) is 5.75 Å². The number of ether oxygens (including phenoxy) is 1.